The van der Waals surface area contributed by atoms with Crippen molar-refractivity contribution in [2.24, 2.45) is 11.8 Å². The number of hydrogen-bond donors (Lipinski definition) is 1. The van der Waals surface area contributed by atoms with E-state index in [-0.39, 0.29) is 0 Å². The van der Waals surface area contributed by atoms with Crippen LogP contribution in [0, 0.1) is 11.8 Å². The molecule has 0 spiro atoms. The van der Waals surface area contributed by atoms with Crippen LogP contribution < -0.4 is 5.32 Å². The Labute approximate surface area is 89.0 Å². The van der Waals surface area contributed by atoms with Gasteiger partial charge in [0.05, 0.1) is 0 Å². The smallest absolute Gasteiger partial charge is 0.00173 e. The average Bonchev–Trinajstić information content (AvgIpc) is 2.20. The van der Waals surface area contributed by atoms with Crippen LogP contribution in [0.25, 0.3) is 0 Å². The van der Waals surface area contributed by atoms with Gasteiger partial charge in [-0.1, -0.05) is 32.4 Å². The van der Waals surface area contributed by atoms with E-state index in [1.54, 1.807) is 0 Å². The minimum Gasteiger partial charge on any atom is -0.316 e. The van der Waals surface area contributed by atoms with Crippen molar-refractivity contribution in [3.05, 3.63) is 12.2 Å². The Morgan fingerprint density at radius 3 is 2.93 bits per heavy atom. The first kappa shape index (κ1) is 11.8. The van der Waals surface area contributed by atoms with Crippen LogP contribution in [0.4, 0.5) is 0 Å². The van der Waals surface area contributed by atoms with Crippen molar-refractivity contribution in [3.8, 4) is 0 Å². The van der Waals surface area contributed by atoms with Crippen molar-refractivity contribution in [2.75, 3.05) is 13.1 Å². The van der Waals surface area contributed by atoms with E-state index in [2.05, 4.69) is 31.3 Å². The van der Waals surface area contributed by atoms with Crippen molar-refractivity contribution >= 4 is 0 Å². The molecule has 0 heterocycles. The molecule has 14 heavy (non-hydrogen) atoms. The molecular weight excluding hydrogens is 170 g/mol. The molecule has 1 aliphatic rings. The van der Waals surface area contributed by atoms with E-state index < -0.39 is 0 Å². The third-order valence-electron chi connectivity index (χ3n) is 3.08. The number of nitrogens with one attached hydrogen (secondary N) is 1. The van der Waals surface area contributed by atoms with Gasteiger partial charge in [-0.25, -0.2) is 0 Å². The lowest BCUT2D eigenvalue weighted by atomic mass is 9.94. The molecule has 0 aromatic heterocycles. The molecule has 0 aliphatic heterocycles. The number of allylic oxidation sites excluding steroid dienone is 2. The number of rotatable bonds is 6. The third-order valence-corrected chi connectivity index (χ3v) is 3.08. The Morgan fingerprint density at radius 2 is 2.29 bits per heavy atom. The highest BCUT2D eigenvalue weighted by Gasteiger charge is 2.09. The Hall–Kier alpha value is -0.300. The summed E-state index contributed by atoms with van der Waals surface area (Å²) in [5.74, 6) is 1.74. The molecule has 1 heteroatoms. The van der Waals surface area contributed by atoms with Gasteiger partial charge in [-0.3, -0.25) is 0 Å². The van der Waals surface area contributed by atoms with E-state index in [9.17, 15) is 0 Å². The molecule has 0 amide bonds. The van der Waals surface area contributed by atoms with Gasteiger partial charge >= 0.3 is 0 Å². The Morgan fingerprint density at radius 1 is 1.43 bits per heavy atom. The largest absolute Gasteiger partial charge is 0.316 e. The lowest BCUT2D eigenvalue weighted by molar-refractivity contribution is 0.404. The van der Waals surface area contributed by atoms with Crippen LogP contribution in [0.2, 0.25) is 0 Å². The topological polar surface area (TPSA) is 12.0 Å². The van der Waals surface area contributed by atoms with Gasteiger partial charge in [0.25, 0.3) is 0 Å². The van der Waals surface area contributed by atoms with Crippen LogP contribution in [-0.2, 0) is 0 Å². The molecule has 0 saturated carbocycles. The molecule has 0 aromatic carbocycles. The SMILES string of the molecule is CCCC(C)CNCC1CC=CCC1. The average molecular weight is 195 g/mol. The summed E-state index contributed by atoms with van der Waals surface area (Å²) < 4.78 is 0. The molecule has 0 bridgehead atoms. The Kier molecular flexibility index (Phi) is 5.93. The lowest BCUT2D eigenvalue weighted by Gasteiger charge is -2.19. The molecule has 0 fully saturated rings. The summed E-state index contributed by atoms with van der Waals surface area (Å²) in [5, 5.41) is 3.61. The Balaban J connectivity index is 2.00. The molecule has 1 nitrogen and oxygen atoms in total. The molecule has 2 unspecified atom stereocenters. The zero-order valence-corrected chi connectivity index (χ0v) is 9.76. The van der Waals surface area contributed by atoms with E-state index >= 15 is 0 Å². The van der Waals surface area contributed by atoms with E-state index in [0.29, 0.717) is 0 Å². The second-order valence-electron chi connectivity index (χ2n) is 4.70. The Bertz CT molecular complexity index is 163. The summed E-state index contributed by atoms with van der Waals surface area (Å²) in [6.07, 6.45) is 11.3. The van der Waals surface area contributed by atoms with Gasteiger partial charge in [0, 0.05) is 0 Å². The molecular formula is C13H25N. The highest BCUT2D eigenvalue weighted by Crippen LogP contribution is 2.17. The molecule has 82 valence electrons. The van der Waals surface area contributed by atoms with Crippen molar-refractivity contribution in [2.45, 2.75) is 46.0 Å². The van der Waals surface area contributed by atoms with Crippen LogP contribution >= 0.6 is 0 Å². The maximum Gasteiger partial charge on any atom is -0.00173 e. The van der Waals surface area contributed by atoms with Crippen molar-refractivity contribution in [1.29, 1.82) is 0 Å². The second-order valence-corrected chi connectivity index (χ2v) is 4.70. The minimum absolute atomic E-state index is 0.846. The van der Waals surface area contributed by atoms with Crippen molar-refractivity contribution < 1.29 is 0 Å². The van der Waals surface area contributed by atoms with Crippen LogP contribution in [0.15, 0.2) is 12.2 Å². The standard InChI is InChI=1S/C13H25N/c1-3-7-12(2)10-14-11-13-8-5-4-6-9-13/h4-5,12-14H,3,6-11H2,1-2H3. The summed E-state index contributed by atoms with van der Waals surface area (Å²) in [6.45, 7) is 7.03. The molecule has 0 saturated heterocycles. The lowest BCUT2D eigenvalue weighted by Crippen LogP contribution is -2.27. The van der Waals surface area contributed by atoms with E-state index in [1.165, 1.54) is 45.2 Å². The molecule has 0 aromatic rings. The predicted molar refractivity (Wildman–Crippen MR) is 63.4 cm³/mol. The summed E-state index contributed by atoms with van der Waals surface area (Å²) in [4.78, 5) is 0. The first-order valence-electron chi connectivity index (χ1n) is 6.18. The van der Waals surface area contributed by atoms with Crippen molar-refractivity contribution in [1.82, 2.24) is 5.32 Å². The van der Waals surface area contributed by atoms with Crippen LogP contribution in [-0.4, -0.2) is 13.1 Å². The summed E-state index contributed by atoms with van der Waals surface area (Å²) in [7, 11) is 0. The highest BCUT2D eigenvalue weighted by atomic mass is 14.9. The quantitative estimate of drug-likeness (QED) is 0.641. The molecule has 0 radical (unpaired) electrons. The first-order valence-corrected chi connectivity index (χ1v) is 6.18. The molecule has 1 rings (SSSR count). The zero-order chi connectivity index (χ0) is 10.2. The van der Waals surface area contributed by atoms with Crippen LogP contribution in [0.1, 0.15) is 46.0 Å². The van der Waals surface area contributed by atoms with Crippen LogP contribution in [0.5, 0.6) is 0 Å². The van der Waals surface area contributed by atoms with E-state index in [1.807, 2.05) is 0 Å². The number of hydrogen-bond acceptors (Lipinski definition) is 1. The third kappa shape index (κ3) is 4.80. The van der Waals surface area contributed by atoms with Gasteiger partial charge in [-0.05, 0) is 50.6 Å². The van der Waals surface area contributed by atoms with Gasteiger partial charge in [-0.2, -0.15) is 0 Å². The first-order chi connectivity index (χ1) is 6.83. The summed E-state index contributed by atoms with van der Waals surface area (Å²) in [6, 6.07) is 0. The fourth-order valence-corrected chi connectivity index (χ4v) is 2.17. The maximum absolute atomic E-state index is 3.61. The van der Waals surface area contributed by atoms with Gasteiger partial charge in [0.15, 0.2) is 0 Å². The molecule has 1 N–H and O–H groups in total. The highest BCUT2D eigenvalue weighted by molar-refractivity contribution is 4.90. The van der Waals surface area contributed by atoms with Crippen molar-refractivity contribution in [3.63, 3.8) is 0 Å². The van der Waals surface area contributed by atoms with Gasteiger partial charge in [0.1, 0.15) is 0 Å². The fourth-order valence-electron chi connectivity index (χ4n) is 2.17. The van der Waals surface area contributed by atoms with Gasteiger partial charge in [-0.15, -0.1) is 0 Å². The second kappa shape index (κ2) is 7.05. The van der Waals surface area contributed by atoms with Gasteiger partial charge < -0.3 is 5.32 Å². The minimum atomic E-state index is 0.846. The molecule has 1 aliphatic carbocycles. The van der Waals surface area contributed by atoms with E-state index in [4.69, 9.17) is 0 Å². The molecule has 2 atom stereocenters. The zero-order valence-electron chi connectivity index (χ0n) is 9.76. The van der Waals surface area contributed by atoms with E-state index in [0.717, 1.165) is 11.8 Å². The van der Waals surface area contributed by atoms with Gasteiger partial charge in [0.2, 0.25) is 0 Å². The maximum atomic E-state index is 3.61. The predicted octanol–water partition coefficient (Wildman–Crippen LogP) is 3.37. The summed E-state index contributed by atoms with van der Waals surface area (Å²) in [5.41, 5.74) is 0. The monoisotopic (exact) mass is 195 g/mol. The fraction of sp³-hybridized carbons (Fsp3) is 0.846. The van der Waals surface area contributed by atoms with Crippen LogP contribution in [0.3, 0.4) is 0 Å². The summed E-state index contributed by atoms with van der Waals surface area (Å²) >= 11 is 0. The normalized spacial score (nSPS) is 23.7.